The molecule has 0 amide bonds. The fraction of sp³-hybridized carbons (Fsp3) is 0.105. The van der Waals surface area contributed by atoms with Crippen LogP contribution in [0.2, 0.25) is 0 Å². The number of hydrogen-bond acceptors (Lipinski definition) is 4. The van der Waals surface area contributed by atoms with Crippen molar-refractivity contribution in [3.8, 4) is 124 Å². The van der Waals surface area contributed by atoms with Crippen molar-refractivity contribution in [2.45, 2.75) is 65.5 Å². The summed E-state index contributed by atoms with van der Waals surface area (Å²) in [6.07, 6.45) is 0. The molecule has 0 aliphatic carbocycles. The Bertz CT molecular complexity index is 6140. The van der Waals surface area contributed by atoms with E-state index in [4.69, 9.17) is 9.97 Å². The summed E-state index contributed by atoms with van der Waals surface area (Å²) in [6.45, 7) is 16.1. The minimum Gasteiger partial charge on any atom is -0.349 e. The number of nitrogens with zero attached hydrogens (tertiary/aromatic N) is 6. The minimum absolute atomic E-state index is 0.00226. The molecule has 2 aliphatic heterocycles. The number of imidazole rings is 2. The van der Waals surface area contributed by atoms with Gasteiger partial charge in [0.05, 0.1) is 29.4 Å². The van der Waals surface area contributed by atoms with Crippen molar-refractivity contribution < 1.29 is 0 Å². The van der Waals surface area contributed by atoms with Crippen molar-refractivity contribution in [2.24, 2.45) is 0 Å². The zero-order valence-corrected chi connectivity index (χ0v) is 63.3. The van der Waals surface area contributed by atoms with E-state index in [1.165, 1.54) is 110 Å². The lowest BCUT2D eigenvalue weighted by Gasteiger charge is -2.45. The quantitative estimate of drug-likeness (QED) is 0.114. The Hall–Kier alpha value is -13.4. The summed E-state index contributed by atoms with van der Waals surface area (Å²) in [6, 6.07) is 130. The molecular weight excluding hydrogens is 1350 g/mol. The molecular formula is C105H82N6. The number of rotatable bonds is 12. The van der Waals surface area contributed by atoms with Crippen LogP contribution in [0.25, 0.3) is 167 Å². The number of anilines is 2. The SMILES string of the molecule is CC(C)(C)c1ccc(-n2c(-c3cccc(-c4c5ccccc5c(-c5ccc6c(c5)CN5CN6Cc6cc(-c7c8ccccc8c(-c8cccc(-c9nc(-c%10ccccc%10)c(-c%10ccccc%10)n9-c9ccc(C(C)(C)C)cc9)c8)c8ccccc78)ccc65)c5ccccc45)c3)nc(-c3ccccc3)c2-c2ccccc2)cc1. The zero-order valence-electron chi connectivity index (χ0n) is 63.3. The highest BCUT2D eigenvalue weighted by molar-refractivity contribution is 6.23. The maximum absolute atomic E-state index is 5.69. The van der Waals surface area contributed by atoms with Crippen molar-refractivity contribution in [3.63, 3.8) is 0 Å². The average molecular weight is 1430 g/mol. The molecule has 0 radical (unpaired) electrons. The summed E-state index contributed by atoms with van der Waals surface area (Å²) >= 11 is 0. The van der Waals surface area contributed by atoms with E-state index in [1.54, 1.807) is 0 Å². The largest absolute Gasteiger partial charge is 0.349 e. The number of benzene rings is 16. The van der Waals surface area contributed by atoms with Gasteiger partial charge in [-0.2, -0.15) is 0 Å². The lowest BCUT2D eigenvalue weighted by Crippen LogP contribution is -2.46. The van der Waals surface area contributed by atoms with E-state index in [2.05, 4.69) is 412 Å². The second kappa shape index (κ2) is 26.8. The number of aromatic nitrogens is 4. The third-order valence-electron chi connectivity index (χ3n) is 23.1. The zero-order chi connectivity index (χ0) is 74.6. The topological polar surface area (TPSA) is 42.1 Å². The van der Waals surface area contributed by atoms with Gasteiger partial charge >= 0.3 is 0 Å². The maximum atomic E-state index is 5.69. The Morgan fingerprint density at radius 3 is 0.820 bits per heavy atom. The van der Waals surface area contributed by atoms with Crippen LogP contribution in [0.4, 0.5) is 11.4 Å². The number of fused-ring (bicyclic) bond motifs is 10. The normalized spacial score (nSPS) is 12.8. The van der Waals surface area contributed by atoms with Gasteiger partial charge in [0.1, 0.15) is 11.6 Å². The summed E-state index contributed by atoms with van der Waals surface area (Å²) in [5.41, 5.74) is 30.0. The van der Waals surface area contributed by atoms with E-state index in [0.29, 0.717) is 0 Å². The van der Waals surface area contributed by atoms with Gasteiger partial charge in [-0.05, 0) is 181 Å². The minimum atomic E-state index is 0.00226. The van der Waals surface area contributed by atoms with Crippen molar-refractivity contribution in [3.05, 3.63) is 374 Å². The van der Waals surface area contributed by atoms with Crippen LogP contribution in [0.3, 0.4) is 0 Å². The summed E-state index contributed by atoms with van der Waals surface area (Å²) < 4.78 is 4.77. The average Bonchev–Trinajstić information content (AvgIpc) is 1.30. The maximum Gasteiger partial charge on any atom is 0.145 e. The second-order valence-electron chi connectivity index (χ2n) is 32.1. The molecule has 6 nitrogen and oxygen atoms in total. The Morgan fingerprint density at radius 1 is 0.243 bits per heavy atom. The van der Waals surface area contributed by atoms with Gasteiger partial charge in [-0.3, -0.25) is 9.13 Å². The Labute approximate surface area is 649 Å². The van der Waals surface area contributed by atoms with Gasteiger partial charge in [-0.1, -0.05) is 333 Å². The van der Waals surface area contributed by atoms with Gasteiger partial charge in [0.2, 0.25) is 0 Å². The van der Waals surface area contributed by atoms with E-state index in [-0.39, 0.29) is 10.8 Å². The summed E-state index contributed by atoms with van der Waals surface area (Å²) in [5.74, 6) is 1.78. The predicted molar refractivity (Wildman–Crippen MR) is 466 cm³/mol. The van der Waals surface area contributed by atoms with E-state index in [1.807, 2.05) is 0 Å². The second-order valence-corrected chi connectivity index (χ2v) is 32.1. The third-order valence-corrected chi connectivity index (χ3v) is 23.1. The Morgan fingerprint density at radius 2 is 0.514 bits per heavy atom. The molecule has 2 bridgehead atoms. The first kappa shape index (κ1) is 67.0. The monoisotopic (exact) mass is 1430 g/mol. The lowest BCUT2D eigenvalue weighted by molar-refractivity contribution is 0.590. The molecule has 0 saturated heterocycles. The molecule has 0 N–H and O–H groups in total. The Kier molecular flexibility index (Phi) is 16.1. The van der Waals surface area contributed by atoms with Crippen LogP contribution in [0, 0.1) is 0 Å². The van der Waals surface area contributed by atoms with Gasteiger partial charge in [0, 0.05) is 69.2 Å². The third kappa shape index (κ3) is 11.6. The fourth-order valence-electron chi connectivity index (χ4n) is 17.8. The molecule has 0 atom stereocenters. The molecule has 532 valence electrons. The standard InChI is InChI=1S/C105H82N6/c1-104(2,3)80-51-55-82(56-52-80)110-100(70-33-15-9-16-34-70)98(68-29-11-7-12-30-68)106-102(110)76-39-27-37-72(61-76)94-84-41-19-23-45-88(84)96(89-46-24-20-42-85(89)94)74-49-59-92-78(63-74)65-108-67-109(92)66-79-64-75(50-60-93(79)108)97-90-47-25-21-43-86(90)95(87-44-22-26-48-91(87)97)73-38-28-40-77(62-73)103-107-99(69-31-13-8-14-32-69)101(71-35-17-10-18-36-71)111(103)83-57-53-81(54-58-83)105(4,5)6/h7-64H,65-67H2,1-6H3. The first-order valence-electron chi connectivity index (χ1n) is 38.9. The molecule has 111 heavy (non-hydrogen) atoms. The number of hydrogen-bond donors (Lipinski definition) is 0. The van der Waals surface area contributed by atoms with Crippen LogP contribution >= 0.6 is 0 Å². The van der Waals surface area contributed by atoms with E-state index < -0.39 is 0 Å². The van der Waals surface area contributed by atoms with Gasteiger partial charge in [-0.25, -0.2) is 9.97 Å². The molecule has 0 saturated carbocycles. The van der Waals surface area contributed by atoms with E-state index in [0.717, 1.165) is 110 Å². The summed E-state index contributed by atoms with van der Waals surface area (Å²) in [5, 5.41) is 9.75. The van der Waals surface area contributed by atoms with Crippen molar-refractivity contribution >= 4 is 54.5 Å². The van der Waals surface area contributed by atoms with Gasteiger partial charge < -0.3 is 9.80 Å². The molecule has 6 heteroatoms. The van der Waals surface area contributed by atoms with Crippen LogP contribution in [0.1, 0.15) is 63.8 Å². The summed E-state index contributed by atoms with van der Waals surface area (Å²) in [7, 11) is 0. The molecule has 18 aromatic rings. The van der Waals surface area contributed by atoms with Gasteiger partial charge in [-0.15, -0.1) is 0 Å². The smallest absolute Gasteiger partial charge is 0.145 e. The molecule has 16 aromatic carbocycles. The molecule has 0 unspecified atom stereocenters. The molecule has 4 heterocycles. The van der Waals surface area contributed by atoms with E-state index >= 15 is 0 Å². The Balaban J connectivity index is 0.656. The predicted octanol–water partition coefficient (Wildman–Crippen LogP) is 27.2. The highest BCUT2D eigenvalue weighted by Gasteiger charge is 2.33. The summed E-state index contributed by atoms with van der Waals surface area (Å²) in [4.78, 5) is 16.6. The molecule has 0 fully saturated rings. The van der Waals surface area contributed by atoms with Crippen molar-refractivity contribution in [2.75, 3.05) is 16.5 Å². The first-order chi connectivity index (χ1) is 54.3. The van der Waals surface area contributed by atoms with Crippen molar-refractivity contribution in [1.29, 1.82) is 0 Å². The van der Waals surface area contributed by atoms with Gasteiger partial charge in [0.15, 0.2) is 0 Å². The van der Waals surface area contributed by atoms with E-state index in [9.17, 15) is 0 Å². The van der Waals surface area contributed by atoms with Crippen LogP contribution in [-0.2, 0) is 23.9 Å². The van der Waals surface area contributed by atoms with Crippen LogP contribution in [-0.4, -0.2) is 25.8 Å². The van der Waals surface area contributed by atoms with Crippen LogP contribution in [0.15, 0.2) is 352 Å². The molecule has 0 spiro atoms. The first-order valence-corrected chi connectivity index (χ1v) is 38.9. The molecule has 20 rings (SSSR count). The molecule has 2 aromatic heterocycles. The van der Waals surface area contributed by atoms with Gasteiger partial charge in [0.25, 0.3) is 0 Å². The lowest BCUT2D eigenvalue weighted by atomic mass is 9.84. The molecule has 2 aliphatic rings. The fourth-order valence-corrected chi connectivity index (χ4v) is 17.8. The van der Waals surface area contributed by atoms with Crippen LogP contribution < -0.4 is 9.80 Å². The highest BCUT2D eigenvalue weighted by Crippen LogP contribution is 2.51. The van der Waals surface area contributed by atoms with Crippen LogP contribution in [0.5, 0.6) is 0 Å². The highest BCUT2D eigenvalue weighted by atomic mass is 15.4. The van der Waals surface area contributed by atoms with Crippen molar-refractivity contribution in [1.82, 2.24) is 19.1 Å².